The van der Waals surface area contributed by atoms with Crippen LogP contribution in [0.15, 0.2) is 59.0 Å². The number of nitrogens with zero attached hydrogens (tertiary/aromatic N) is 1. The van der Waals surface area contributed by atoms with Gasteiger partial charge in [0.2, 0.25) is 5.91 Å². The van der Waals surface area contributed by atoms with Crippen molar-refractivity contribution >= 4 is 28.5 Å². The smallest absolute Gasteiger partial charge is 0.287 e. The summed E-state index contributed by atoms with van der Waals surface area (Å²) in [5.41, 5.74) is 1.45. The van der Waals surface area contributed by atoms with E-state index in [1.807, 2.05) is 48.5 Å². The standard InChI is InChI=1S/C20H18N2O4/c1-25-16-8-6-15(7-9-16)22-12-14(11-19(22)23)21-20(24)18-10-13-4-2-3-5-17(13)26-18/h2-10,14H,11-12H2,1H3,(H,21,24)/t14-/m1/s1. The van der Waals surface area contributed by atoms with E-state index in [0.717, 1.165) is 16.8 Å². The maximum absolute atomic E-state index is 12.5. The summed E-state index contributed by atoms with van der Waals surface area (Å²) < 4.78 is 10.7. The van der Waals surface area contributed by atoms with Crippen molar-refractivity contribution in [2.75, 3.05) is 18.6 Å². The van der Waals surface area contributed by atoms with Crippen LogP contribution < -0.4 is 15.0 Å². The van der Waals surface area contributed by atoms with Crippen molar-refractivity contribution in [3.05, 3.63) is 60.4 Å². The molecule has 2 heterocycles. The first-order chi connectivity index (χ1) is 12.6. The Bertz CT molecular complexity index is 928. The van der Waals surface area contributed by atoms with Gasteiger partial charge < -0.3 is 19.4 Å². The van der Waals surface area contributed by atoms with Crippen LogP contribution in [-0.4, -0.2) is 31.5 Å². The van der Waals surface area contributed by atoms with Gasteiger partial charge in [0, 0.05) is 24.0 Å². The second-order valence-corrected chi connectivity index (χ2v) is 6.23. The molecule has 0 unspecified atom stereocenters. The Labute approximate surface area is 150 Å². The van der Waals surface area contributed by atoms with Gasteiger partial charge in [0.25, 0.3) is 5.91 Å². The molecule has 1 saturated heterocycles. The van der Waals surface area contributed by atoms with E-state index in [1.165, 1.54) is 0 Å². The van der Waals surface area contributed by atoms with Crippen LogP contribution in [0.3, 0.4) is 0 Å². The third-order valence-electron chi connectivity index (χ3n) is 4.49. The van der Waals surface area contributed by atoms with Crippen molar-refractivity contribution in [1.29, 1.82) is 0 Å². The first-order valence-corrected chi connectivity index (χ1v) is 8.38. The molecule has 2 aromatic carbocycles. The number of amides is 2. The van der Waals surface area contributed by atoms with Crippen molar-refractivity contribution < 1.29 is 18.7 Å². The lowest BCUT2D eigenvalue weighted by Gasteiger charge is -2.17. The number of hydrogen-bond donors (Lipinski definition) is 1. The number of furan rings is 1. The largest absolute Gasteiger partial charge is 0.497 e. The molecule has 3 aromatic rings. The zero-order chi connectivity index (χ0) is 18.1. The molecule has 1 aliphatic rings. The highest BCUT2D eigenvalue weighted by atomic mass is 16.5. The average molecular weight is 350 g/mol. The number of anilines is 1. The van der Waals surface area contributed by atoms with E-state index in [0.29, 0.717) is 12.1 Å². The molecule has 1 aromatic heterocycles. The van der Waals surface area contributed by atoms with Crippen molar-refractivity contribution in [2.24, 2.45) is 0 Å². The lowest BCUT2D eigenvalue weighted by atomic mass is 10.2. The molecule has 0 aliphatic carbocycles. The summed E-state index contributed by atoms with van der Waals surface area (Å²) >= 11 is 0. The molecule has 132 valence electrons. The second-order valence-electron chi connectivity index (χ2n) is 6.23. The van der Waals surface area contributed by atoms with Crippen LogP contribution in [0.5, 0.6) is 5.75 Å². The fourth-order valence-electron chi connectivity index (χ4n) is 3.17. The molecule has 26 heavy (non-hydrogen) atoms. The molecular weight excluding hydrogens is 332 g/mol. The second kappa shape index (κ2) is 6.55. The van der Waals surface area contributed by atoms with E-state index in [4.69, 9.17) is 9.15 Å². The molecular formula is C20H18N2O4. The molecule has 1 atom stereocenters. The molecule has 0 saturated carbocycles. The third kappa shape index (κ3) is 3.01. The summed E-state index contributed by atoms with van der Waals surface area (Å²) in [6, 6.07) is 16.2. The van der Waals surface area contributed by atoms with E-state index < -0.39 is 0 Å². The molecule has 0 bridgehead atoms. The van der Waals surface area contributed by atoms with E-state index in [9.17, 15) is 9.59 Å². The normalized spacial score (nSPS) is 16.9. The third-order valence-corrected chi connectivity index (χ3v) is 4.49. The van der Waals surface area contributed by atoms with E-state index in [1.54, 1.807) is 18.1 Å². The minimum atomic E-state index is -0.310. The number of benzene rings is 2. The maximum Gasteiger partial charge on any atom is 0.287 e. The van der Waals surface area contributed by atoms with Crippen molar-refractivity contribution in [3.63, 3.8) is 0 Å². The van der Waals surface area contributed by atoms with Gasteiger partial charge in [-0.3, -0.25) is 9.59 Å². The molecule has 1 aliphatic heterocycles. The number of carbonyl (C=O) groups excluding carboxylic acids is 2. The average Bonchev–Trinajstić information content (AvgIpc) is 3.25. The summed E-state index contributed by atoms with van der Waals surface area (Å²) in [6.07, 6.45) is 0.262. The van der Waals surface area contributed by atoms with Crippen LogP contribution in [0, 0.1) is 0 Å². The van der Waals surface area contributed by atoms with Gasteiger partial charge in [-0.15, -0.1) is 0 Å². The van der Waals surface area contributed by atoms with Gasteiger partial charge in [0.1, 0.15) is 11.3 Å². The van der Waals surface area contributed by atoms with Crippen molar-refractivity contribution in [3.8, 4) is 5.75 Å². The highest BCUT2D eigenvalue weighted by Crippen LogP contribution is 2.25. The first-order valence-electron chi connectivity index (χ1n) is 8.38. The number of hydrogen-bond acceptors (Lipinski definition) is 4. The minimum absolute atomic E-state index is 0.0231. The Morgan fingerprint density at radius 3 is 2.69 bits per heavy atom. The van der Waals surface area contributed by atoms with Gasteiger partial charge in [-0.25, -0.2) is 0 Å². The fraction of sp³-hybridized carbons (Fsp3) is 0.200. The van der Waals surface area contributed by atoms with E-state index in [2.05, 4.69) is 5.32 Å². The number of para-hydroxylation sites is 1. The zero-order valence-electron chi connectivity index (χ0n) is 14.3. The highest BCUT2D eigenvalue weighted by Gasteiger charge is 2.32. The fourth-order valence-corrected chi connectivity index (χ4v) is 3.17. The Morgan fingerprint density at radius 2 is 1.96 bits per heavy atom. The Kier molecular flexibility index (Phi) is 4.08. The van der Waals surface area contributed by atoms with Gasteiger partial charge in [-0.1, -0.05) is 18.2 Å². The van der Waals surface area contributed by atoms with Crippen LogP contribution in [-0.2, 0) is 4.79 Å². The number of methoxy groups -OCH3 is 1. The number of nitrogens with one attached hydrogen (secondary N) is 1. The van der Waals surface area contributed by atoms with Crippen molar-refractivity contribution in [2.45, 2.75) is 12.5 Å². The van der Waals surface area contributed by atoms with Gasteiger partial charge in [0.05, 0.1) is 13.2 Å². The molecule has 1 fully saturated rings. The summed E-state index contributed by atoms with van der Waals surface area (Å²) in [7, 11) is 1.60. The molecule has 2 amide bonds. The molecule has 6 heteroatoms. The van der Waals surface area contributed by atoms with E-state index in [-0.39, 0.29) is 30.0 Å². The molecule has 0 radical (unpaired) electrons. The number of carbonyl (C=O) groups is 2. The predicted molar refractivity (Wildman–Crippen MR) is 97.4 cm³/mol. The Balaban J connectivity index is 1.45. The van der Waals surface area contributed by atoms with Crippen LogP contribution in [0.4, 0.5) is 5.69 Å². The minimum Gasteiger partial charge on any atom is -0.497 e. The van der Waals surface area contributed by atoms with Gasteiger partial charge in [-0.05, 0) is 36.4 Å². The number of ether oxygens (including phenoxy) is 1. The summed E-state index contributed by atoms with van der Waals surface area (Å²) in [6.45, 7) is 0.428. The maximum atomic E-state index is 12.5. The van der Waals surface area contributed by atoms with E-state index >= 15 is 0 Å². The molecule has 6 nitrogen and oxygen atoms in total. The summed E-state index contributed by atoms with van der Waals surface area (Å²) in [5, 5.41) is 3.76. The molecule has 0 spiro atoms. The van der Waals surface area contributed by atoms with Crippen LogP contribution in [0.2, 0.25) is 0 Å². The zero-order valence-corrected chi connectivity index (χ0v) is 14.3. The highest BCUT2D eigenvalue weighted by molar-refractivity contribution is 5.99. The summed E-state index contributed by atoms with van der Waals surface area (Å²) in [4.78, 5) is 26.4. The van der Waals surface area contributed by atoms with Crippen molar-refractivity contribution in [1.82, 2.24) is 5.32 Å². The quantitative estimate of drug-likeness (QED) is 0.785. The van der Waals surface area contributed by atoms with Crippen LogP contribution in [0.1, 0.15) is 17.0 Å². The monoisotopic (exact) mass is 350 g/mol. The molecule has 1 N–H and O–H groups in total. The van der Waals surface area contributed by atoms with Gasteiger partial charge >= 0.3 is 0 Å². The van der Waals surface area contributed by atoms with Crippen LogP contribution >= 0.6 is 0 Å². The first kappa shape index (κ1) is 16.2. The van der Waals surface area contributed by atoms with Gasteiger partial charge in [-0.2, -0.15) is 0 Å². The molecule has 4 rings (SSSR count). The summed E-state index contributed by atoms with van der Waals surface area (Å²) in [5.74, 6) is 0.650. The Morgan fingerprint density at radius 1 is 1.19 bits per heavy atom. The topological polar surface area (TPSA) is 71.8 Å². The lowest BCUT2D eigenvalue weighted by Crippen LogP contribution is -2.37. The van der Waals surface area contributed by atoms with Gasteiger partial charge in [0.15, 0.2) is 5.76 Å². The number of rotatable bonds is 4. The lowest BCUT2D eigenvalue weighted by molar-refractivity contribution is -0.117. The Hall–Kier alpha value is -3.28. The predicted octanol–water partition coefficient (Wildman–Crippen LogP) is 2.98. The SMILES string of the molecule is COc1ccc(N2C[C@H](NC(=O)c3cc4ccccc4o3)CC2=O)cc1. The number of fused-ring (bicyclic) bond motifs is 1. The van der Waals surface area contributed by atoms with Crippen LogP contribution in [0.25, 0.3) is 11.0 Å².